The predicted molar refractivity (Wildman–Crippen MR) is 173 cm³/mol. The van der Waals surface area contributed by atoms with E-state index in [4.69, 9.17) is 0 Å². The predicted octanol–water partition coefficient (Wildman–Crippen LogP) is 11.2. The number of benzene rings is 5. The summed E-state index contributed by atoms with van der Waals surface area (Å²) in [5.74, 6) is 0.463. The van der Waals surface area contributed by atoms with Crippen molar-refractivity contribution in [3.63, 3.8) is 0 Å². The summed E-state index contributed by atoms with van der Waals surface area (Å²) in [7, 11) is -0.992. The van der Waals surface area contributed by atoms with Gasteiger partial charge in [0.15, 0.2) is 0 Å². The summed E-state index contributed by atoms with van der Waals surface area (Å²) in [5, 5.41) is 3.36. The molecule has 2 heteroatoms. The van der Waals surface area contributed by atoms with E-state index in [-0.39, 0.29) is 5.16 Å². The Bertz CT molecular complexity index is 1710. The smallest absolute Gasteiger partial charge is 0.0349 e. The van der Waals surface area contributed by atoms with Crippen LogP contribution in [0.4, 0.5) is 0 Å². The molecule has 0 aromatic heterocycles. The summed E-state index contributed by atoms with van der Waals surface area (Å²) < 4.78 is 0. The van der Waals surface area contributed by atoms with Gasteiger partial charge in [-0.1, -0.05) is 158 Å². The summed E-state index contributed by atoms with van der Waals surface area (Å²) in [6.07, 6.45) is 3.82. The van der Waals surface area contributed by atoms with Gasteiger partial charge in [-0.25, -0.2) is 0 Å². The van der Waals surface area contributed by atoms with E-state index in [0.29, 0.717) is 11.6 Å². The first-order chi connectivity index (χ1) is 19.9. The van der Waals surface area contributed by atoms with Gasteiger partial charge in [0, 0.05) is 16.7 Å². The van der Waals surface area contributed by atoms with Gasteiger partial charge in [-0.05, 0) is 65.7 Å². The Morgan fingerprint density at radius 2 is 1.02 bits per heavy atom. The molecule has 1 unspecified atom stereocenters. The summed E-state index contributed by atoms with van der Waals surface area (Å²) in [6, 6.07) is 56.9. The molecule has 0 radical (unpaired) electrons. The van der Waals surface area contributed by atoms with Gasteiger partial charge in [0.1, 0.15) is 0 Å². The minimum absolute atomic E-state index is 0.0947. The average molecular weight is 549 g/mol. The molecule has 5 aromatic rings. The van der Waals surface area contributed by atoms with Crippen LogP contribution in [0.5, 0.6) is 0 Å². The first-order valence-electron chi connectivity index (χ1n) is 14.2. The zero-order valence-corrected chi connectivity index (χ0v) is 24.1. The third-order valence-corrected chi connectivity index (χ3v) is 18.2. The molecule has 8 rings (SSSR count). The lowest BCUT2D eigenvalue weighted by Crippen LogP contribution is -2.28. The molecule has 0 N–H and O–H groups in total. The highest BCUT2D eigenvalue weighted by molar-refractivity contribution is 8.39. The fourth-order valence-electron chi connectivity index (χ4n) is 7.34. The van der Waals surface area contributed by atoms with Gasteiger partial charge in [0.05, 0.1) is 0 Å². The molecule has 0 amide bonds. The monoisotopic (exact) mass is 548 g/mol. The number of rotatable bonds is 5. The van der Waals surface area contributed by atoms with Crippen molar-refractivity contribution in [2.45, 2.75) is 17.2 Å². The summed E-state index contributed by atoms with van der Waals surface area (Å²) in [5.41, 5.74) is 9.37. The van der Waals surface area contributed by atoms with Crippen LogP contribution in [0.25, 0.3) is 16.2 Å². The highest BCUT2D eigenvalue weighted by Crippen LogP contribution is 3.05. The second-order valence-corrected chi connectivity index (χ2v) is 17.1. The molecule has 0 saturated carbocycles. The van der Waals surface area contributed by atoms with Crippen molar-refractivity contribution in [1.29, 1.82) is 0 Å². The lowest BCUT2D eigenvalue weighted by atomic mass is 9.76. The molecule has 3 aliphatic rings. The minimum Gasteiger partial charge on any atom is -0.0704 e. The van der Waals surface area contributed by atoms with Crippen LogP contribution in [-0.2, 0) is 5.16 Å². The average Bonchev–Trinajstić information content (AvgIpc) is 3.69. The first kappa shape index (κ1) is 24.3. The molecular weight excluding hydrogens is 518 g/mol. The van der Waals surface area contributed by atoms with Crippen LogP contribution in [0.3, 0.4) is 0 Å². The molecule has 1 fully saturated rings. The Hall–Kier alpha value is -3.56. The molecule has 5 aromatic carbocycles. The number of allylic oxidation sites excluding steroid dienone is 2. The van der Waals surface area contributed by atoms with Gasteiger partial charge >= 0.3 is 0 Å². The zero-order chi connectivity index (χ0) is 26.5. The fraction of sp³-hybridized carbons (Fsp3) is 0.105. The van der Waals surface area contributed by atoms with Crippen LogP contribution in [0.15, 0.2) is 158 Å². The molecule has 2 bridgehead atoms. The lowest BCUT2D eigenvalue weighted by molar-refractivity contribution is 0.469. The van der Waals surface area contributed by atoms with Crippen molar-refractivity contribution in [3.8, 4) is 0 Å². The van der Waals surface area contributed by atoms with E-state index in [2.05, 4.69) is 158 Å². The number of fused-ring (bicyclic) bond motifs is 5. The standard InChI is InChI=1S/C38H30P2/c1-6-16-28(17-7-1)33-27-38(32-24-14-5-15-25-32)34-26-35(29-18-8-2-9-19-29)39(37(34)31-22-12-4-13-23-31)40(38)36(33)30-20-10-3-11-21-30/h1-26,34,37H,27H2/t34-,37?,38+,39-,40+/m0/s1. The maximum atomic E-state index is 2.72. The SMILES string of the molecule is C1=C(c2ccccc2)[P@@]2C(c3ccccc3)[C@H]1[C@]1(c3ccccc3)CC(c3ccccc3)=C(c3ccccc3)[P@@]21. The Morgan fingerprint density at radius 3 is 1.62 bits per heavy atom. The van der Waals surface area contributed by atoms with Gasteiger partial charge in [-0.15, -0.1) is 0 Å². The maximum absolute atomic E-state index is 2.72. The normalized spacial score (nSPS) is 26.6. The third-order valence-electron chi connectivity index (χ3n) is 8.93. The Morgan fingerprint density at radius 1 is 0.525 bits per heavy atom. The topological polar surface area (TPSA) is 0 Å². The van der Waals surface area contributed by atoms with Crippen molar-refractivity contribution < 1.29 is 0 Å². The van der Waals surface area contributed by atoms with Gasteiger partial charge in [-0.3, -0.25) is 0 Å². The van der Waals surface area contributed by atoms with E-state index in [0.717, 1.165) is 6.42 Å². The highest BCUT2D eigenvalue weighted by atomic mass is 32.1. The van der Waals surface area contributed by atoms with Crippen molar-refractivity contribution in [2.75, 3.05) is 0 Å². The van der Waals surface area contributed by atoms with Crippen LogP contribution in [0, 0.1) is 5.92 Å². The minimum atomic E-state index is -0.520. The first-order valence-corrected chi connectivity index (χ1v) is 17.6. The Labute approximate surface area is 239 Å². The zero-order valence-electron chi connectivity index (χ0n) is 22.3. The van der Waals surface area contributed by atoms with Gasteiger partial charge < -0.3 is 0 Å². The Balaban J connectivity index is 1.44. The van der Waals surface area contributed by atoms with Crippen molar-refractivity contribution >= 4 is 31.4 Å². The number of hydrogen-bond donors (Lipinski definition) is 0. The van der Waals surface area contributed by atoms with Crippen molar-refractivity contribution in [1.82, 2.24) is 0 Å². The molecule has 3 aliphatic heterocycles. The number of hydrogen-bond acceptors (Lipinski definition) is 0. The van der Waals surface area contributed by atoms with Crippen molar-refractivity contribution in [2.24, 2.45) is 5.92 Å². The molecule has 0 spiro atoms. The van der Waals surface area contributed by atoms with Crippen LogP contribution in [0.1, 0.15) is 39.9 Å². The summed E-state index contributed by atoms with van der Waals surface area (Å²) in [6.45, 7) is 0. The third kappa shape index (κ3) is 3.60. The quantitative estimate of drug-likeness (QED) is 0.192. The van der Waals surface area contributed by atoms with E-state index in [1.165, 1.54) is 27.8 Å². The lowest BCUT2D eigenvalue weighted by Gasteiger charge is -2.41. The summed E-state index contributed by atoms with van der Waals surface area (Å²) in [4.78, 5) is 0. The fourth-order valence-corrected chi connectivity index (χ4v) is 19.3. The molecule has 5 atom stereocenters. The van der Waals surface area contributed by atoms with Crippen LogP contribution >= 0.6 is 15.2 Å². The van der Waals surface area contributed by atoms with Crippen LogP contribution in [0.2, 0.25) is 0 Å². The molecule has 0 aliphatic carbocycles. The van der Waals surface area contributed by atoms with E-state index < -0.39 is 15.2 Å². The molecule has 192 valence electrons. The van der Waals surface area contributed by atoms with E-state index in [1.807, 2.05) is 0 Å². The van der Waals surface area contributed by atoms with E-state index in [1.54, 1.807) is 16.2 Å². The van der Waals surface area contributed by atoms with Crippen LogP contribution < -0.4 is 0 Å². The van der Waals surface area contributed by atoms with E-state index >= 15 is 0 Å². The largest absolute Gasteiger partial charge is 0.0704 e. The Kier molecular flexibility index (Phi) is 5.95. The van der Waals surface area contributed by atoms with Gasteiger partial charge in [-0.2, -0.15) is 0 Å². The van der Waals surface area contributed by atoms with Crippen LogP contribution in [-0.4, -0.2) is 0 Å². The van der Waals surface area contributed by atoms with E-state index in [9.17, 15) is 0 Å². The molecule has 3 heterocycles. The molecule has 40 heavy (non-hydrogen) atoms. The molecule has 1 saturated heterocycles. The van der Waals surface area contributed by atoms with Crippen molar-refractivity contribution in [3.05, 3.63) is 186 Å². The van der Waals surface area contributed by atoms with Gasteiger partial charge in [0.2, 0.25) is 0 Å². The summed E-state index contributed by atoms with van der Waals surface area (Å²) >= 11 is 0. The second kappa shape index (κ2) is 9.82. The highest BCUT2D eigenvalue weighted by Gasteiger charge is 2.68. The maximum Gasteiger partial charge on any atom is 0.0349 e. The molecular formula is C38H30P2. The van der Waals surface area contributed by atoms with Gasteiger partial charge in [0.25, 0.3) is 0 Å². The molecule has 0 nitrogen and oxygen atoms in total. The second-order valence-electron chi connectivity index (χ2n) is 11.0.